The summed E-state index contributed by atoms with van der Waals surface area (Å²) in [5.74, 6) is 1.34. The third-order valence-corrected chi connectivity index (χ3v) is 3.93. The van der Waals surface area contributed by atoms with Crippen LogP contribution < -0.4 is 14.8 Å². The van der Waals surface area contributed by atoms with Gasteiger partial charge in [-0.3, -0.25) is 4.79 Å². The van der Waals surface area contributed by atoms with Crippen molar-refractivity contribution in [2.75, 3.05) is 33.9 Å². The van der Waals surface area contributed by atoms with Crippen LogP contribution in [0, 0.1) is 0 Å². The summed E-state index contributed by atoms with van der Waals surface area (Å²) < 4.78 is 15.4. The Labute approximate surface area is 141 Å². The van der Waals surface area contributed by atoms with Crippen LogP contribution in [0.2, 0.25) is 0 Å². The first-order valence-electron chi connectivity index (χ1n) is 8.01. The summed E-state index contributed by atoms with van der Waals surface area (Å²) in [6.45, 7) is 1.50. The lowest BCUT2D eigenvalue weighted by Gasteiger charge is -2.31. The first-order valence-corrected chi connectivity index (χ1v) is 8.01. The predicted octanol–water partition coefficient (Wildman–Crippen LogP) is 1.81. The Morgan fingerprint density at radius 3 is 2.58 bits per heavy atom. The van der Waals surface area contributed by atoms with Gasteiger partial charge in [0, 0.05) is 25.2 Å². The second-order valence-electron chi connectivity index (χ2n) is 5.58. The van der Waals surface area contributed by atoms with Crippen molar-refractivity contribution in [1.29, 1.82) is 0 Å². The maximum absolute atomic E-state index is 12.0. The molecule has 7 heteroatoms. The molecule has 1 fully saturated rings. The lowest BCUT2D eigenvalue weighted by molar-refractivity contribution is -0.122. The molecule has 0 atom stereocenters. The minimum Gasteiger partial charge on any atom is -0.497 e. The van der Waals surface area contributed by atoms with Crippen LogP contribution in [0.5, 0.6) is 11.5 Å². The van der Waals surface area contributed by atoms with Crippen LogP contribution in [-0.4, -0.2) is 56.9 Å². The summed E-state index contributed by atoms with van der Waals surface area (Å²) in [6, 6.07) is 7.36. The second kappa shape index (κ2) is 9.00. The Kier molecular flexibility index (Phi) is 6.72. The number of methoxy groups -OCH3 is 2. The van der Waals surface area contributed by atoms with Crippen molar-refractivity contribution in [3.8, 4) is 11.5 Å². The van der Waals surface area contributed by atoms with Gasteiger partial charge in [0.2, 0.25) is 5.91 Å². The summed E-state index contributed by atoms with van der Waals surface area (Å²) in [4.78, 5) is 25.0. The Balaban J connectivity index is 1.66. The molecule has 0 aliphatic carbocycles. The number of likely N-dealkylation sites (tertiary alicyclic amines) is 1. The highest BCUT2D eigenvalue weighted by atomic mass is 16.5. The second-order valence-corrected chi connectivity index (χ2v) is 5.58. The molecule has 24 heavy (non-hydrogen) atoms. The molecule has 0 saturated carbocycles. The van der Waals surface area contributed by atoms with Gasteiger partial charge in [0.25, 0.3) is 0 Å². The summed E-state index contributed by atoms with van der Waals surface area (Å²) in [7, 11) is 2.97. The Bertz CT molecular complexity index is 556. The molecule has 1 aliphatic heterocycles. The van der Waals surface area contributed by atoms with E-state index in [0.717, 1.165) is 12.8 Å². The Morgan fingerprint density at radius 2 is 1.92 bits per heavy atom. The number of hydrogen-bond donors (Lipinski definition) is 1. The Morgan fingerprint density at radius 1 is 1.21 bits per heavy atom. The number of hydrogen-bond acceptors (Lipinski definition) is 5. The number of benzene rings is 1. The van der Waals surface area contributed by atoms with Crippen molar-refractivity contribution >= 4 is 12.0 Å². The zero-order valence-corrected chi connectivity index (χ0v) is 14.1. The molecule has 1 N–H and O–H groups in total. The third-order valence-electron chi connectivity index (χ3n) is 3.93. The third kappa shape index (κ3) is 5.33. The summed E-state index contributed by atoms with van der Waals surface area (Å²) >= 11 is 0. The van der Waals surface area contributed by atoms with Gasteiger partial charge in [-0.15, -0.1) is 0 Å². The number of carbonyl (C=O) groups is 2. The van der Waals surface area contributed by atoms with Crippen molar-refractivity contribution in [3.63, 3.8) is 0 Å². The highest BCUT2D eigenvalue weighted by Gasteiger charge is 2.24. The molecule has 1 heterocycles. The normalized spacial score (nSPS) is 14.8. The van der Waals surface area contributed by atoms with E-state index in [4.69, 9.17) is 14.2 Å². The van der Waals surface area contributed by atoms with E-state index in [1.807, 2.05) is 18.2 Å². The highest BCUT2D eigenvalue weighted by Crippen LogP contribution is 2.19. The predicted molar refractivity (Wildman–Crippen MR) is 88.2 cm³/mol. The number of rotatable bonds is 6. The number of piperidine rings is 1. The monoisotopic (exact) mass is 336 g/mol. The van der Waals surface area contributed by atoms with Crippen LogP contribution in [0.15, 0.2) is 24.3 Å². The van der Waals surface area contributed by atoms with E-state index in [0.29, 0.717) is 31.2 Å². The number of nitrogens with zero attached hydrogens (tertiary/aromatic N) is 1. The largest absolute Gasteiger partial charge is 0.497 e. The molecule has 2 rings (SSSR count). The van der Waals surface area contributed by atoms with Crippen molar-refractivity contribution in [2.24, 2.45) is 0 Å². The molecule has 1 aromatic rings. The number of ether oxygens (including phenoxy) is 3. The quantitative estimate of drug-likeness (QED) is 0.857. The Hall–Kier alpha value is -2.44. The molecule has 1 saturated heterocycles. The molecule has 1 aliphatic rings. The number of nitrogens with one attached hydrogen (secondary N) is 1. The fourth-order valence-corrected chi connectivity index (χ4v) is 2.59. The minimum atomic E-state index is -0.313. The number of amides is 2. The molecule has 1 aromatic carbocycles. The van der Waals surface area contributed by atoms with Crippen LogP contribution in [-0.2, 0) is 9.53 Å². The molecule has 0 aromatic heterocycles. The van der Waals surface area contributed by atoms with E-state index in [-0.39, 0.29) is 24.5 Å². The molecular formula is C17H24N2O5. The first-order chi connectivity index (χ1) is 11.6. The lowest BCUT2D eigenvalue weighted by atomic mass is 10.1. The maximum Gasteiger partial charge on any atom is 0.409 e. The zero-order valence-electron chi connectivity index (χ0n) is 14.1. The summed E-state index contributed by atoms with van der Waals surface area (Å²) in [5.41, 5.74) is 0. The van der Waals surface area contributed by atoms with Gasteiger partial charge in [-0.05, 0) is 25.0 Å². The average Bonchev–Trinajstić information content (AvgIpc) is 2.62. The SMILES string of the molecule is COC(=O)N1CCC(NC(=O)CCOc2cccc(OC)c2)CC1. The fourth-order valence-electron chi connectivity index (χ4n) is 2.59. The van der Waals surface area contributed by atoms with E-state index >= 15 is 0 Å². The van der Waals surface area contributed by atoms with Gasteiger partial charge in [-0.2, -0.15) is 0 Å². The summed E-state index contributed by atoms with van der Waals surface area (Å²) in [5, 5.41) is 2.98. The fraction of sp³-hybridized carbons (Fsp3) is 0.529. The standard InChI is InChI=1S/C17H24N2O5/c1-22-14-4-3-5-15(12-14)24-11-8-16(20)18-13-6-9-19(10-7-13)17(21)23-2/h3-5,12-13H,6-11H2,1-2H3,(H,18,20). The molecule has 0 bridgehead atoms. The van der Waals surface area contributed by atoms with Gasteiger partial charge in [0.05, 0.1) is 27.2 Å². The van der Waals surface area contributed by atoms with Crippen LogP contribution in [0.25, 0.3) is 0 Å². The molecule has 2 amide bonds. The van der Waals surface area contributed by atoms with E-state index in [2.05, 4.69) is 5.32 Å². The van der Waals surface area contributed by atoms with Crippen molar-refractivity contribution in [2.45, 2.75) is 25.3 Å². The molecule has 0 unspecified atom stereocenters. The minimum absolute atomic E-state index is 0.0468. The zero-order chi connectivity index (χ0) is 17.4. The number of carbonyl (C=O) groups excluding carboxylic acids is 2. The van der Waals surface area contributed by atoms with Gasteiger partial charge in [0.15, 0.2) is 0 Å². The lowest BCUT2D eigenvalue weighted by Crippen LogP contribution is -2.46. The van der Waals surface area contributed by atoms with Crippen LogP contribution in [0.3, 0.4) is 0 Å². The van der Waals surface area contributed by atoms with Gasteiger partial charge < -0.3 is 24.4 Å². The maximum atomic E-state index is 12.0. The topological polar surface area (TPSA) is 77.1 Å². The van der Waals surface area contributed by atoms with Gasteiger partial charge in [0.1, 0.15) is 11.5 Å². The van der Waals surface area contributed by atoms with E-state index in [9.17, 15) is 9.59 Å². The molecule has 132 valence electrons. The van der Waals surface area contributed by atoms with Crippen LogP contribution in [0.1, 0.15) is 19.3 Å². The van der Waals surface area contributed by atoms with Gasteiger partial charge >= 0.3 is 6.09 Å². The van der Waals surface area contributed by atoms with Crippen molar-refractivity contribution in [3.05, 3.63) is 24.3 Å². The molecule has 0 radical (unpaired) electrons. The average molecular weight is 336 g/mol. The first kappa shape index (κ1) is 17.9. The van der Waals surface area contributed by atoms with Crippen molar-refractivity contribution in [1.82, 2.24) is 10.2 Å². The van der Waals surface area contributed by atoms with E-state index < -0.39 is 0 Å². The smallest absolute Gasteiger partial charge is 0.409 e. The van der Waals surface area contributed by atoms with Crippen LogP contribution in [0.4, 0.5) is 4.79 Å². The highest BCUT2D eigenvalue weighted by molar-refractivity contribution is 5.76. The van der Waals surface area contributed by atoms with Gasteiger partial charge in [-0.25, -0.2) is 4.79 Å². The van der Waals surface area contributed by atoms with E-state index in [1.165, 1.54) is 7.11 Å². The molecule has 0 spiro atoms. The van der Waals surface area contributed by atoms with Crippen LogP contribution >= 0.6 is 0 Å². The van der Waals surface area contributed by atoms with E-state index in [1.54, 1.807) is 18.1 Å². The van der Waals surface area contributed by atoms with Crippen molar-refractivity contribution < 1.29 is 23.8 Å². The van der Waals surface area contributed by atoms with Gasteiger partial charge in [-0.1, -0.05) is 6.07 Å². The molecular weight excluding hydrogens is 312 g/mol. The molecule has 7 nitrogen and oxygen atoms in total. The summed E-state index contributed by atoms with van der Waals surface area (Å²) in [6.07, 6.45) is 1.44.